The van der Waals surface area contributed by atoms with Gasteiger partial charge >= 0.3 is 0 Å². The maximum atomic E-state index is 6.33. The van der Waals surface area contributed by atoms with Crippen LogP contribution in [0.5, 0.6) is 0 Å². The number of likely N-dealkylation sites (tertiary alicyclic amines) is 1. The molecule has 98 valence electrons. The van der Waals surface area contributed by atoms with Crippen molar-refractivity contribution in [3.63, 3.8) is 0 Å². The first-order valence-corrected chi connectivity index (χ1v) is 7.59. The van der Waals surface area contributed by atoms with E-state index >= 15 is 0 Å². The van der Waals surface area contributed by atoms with Crippen LogP contribution < -0.4 is 0 Å². The van der Waals surface area contributed by atoms with Crippen LogP contribution in [0.3, 0.4) is 0 Å². The monoisotopic (exact) mass is 237 g/mol. The molecule has 2 saturated heterocycles. The average molecular weight is 237 g/mol. The first-order valence-electron chi connectivity index (χ1n) is 7.59. The number of nitrogens with zero attached hydrogens (tertiary/aromatic N) is 1. The van der Waals surface area contributed by atoms with E-state index in [4.69, 9.17) is 4.74 Å². The highest BCUT2D eigenvalue weighted by atomic mass is 16.5. The summed E-state index contributed by atoms with van der Waals surface area (Å²) in [4.78, 5) is 2.62. The second-order valence-electron chi connectivity index (χ2n) is 6.66. The van der Waals surface area contributed by atoms with Gasteiger partial charge in [-0.15, -0.1) is 0 Å². The highest BCUT2D eigenvalue weighted by Gasteiger charge is 2.51. The van der Waals surface area contributed by atoms with Crippen molar-refractivity contribution >= 4 is 0 Å². The fourth-order valence-corrected chi connectivity index (χ4v) is 4.41. The highest BCUT2D eigenvalue weighted by molar-refractivity contribution is 5.01. The minimum Gasteiger partial charge on any atom is -0.374 e. The van der Waals surface area contributed by atoms with Gasteiger partial charge in [0.25, 0.3) is 0 Å². The lowest BCUT2D eigenvalue weighted by molar-refractivity contribution is -0.0733. The average Bonchev–Trinajstić information content (AvgIpc) is 2.70. The summed E-state index contributed by atoms with van der Waals surface area (Å²) in [7, 11) is 0. The van der Waals surface area contributed by atoms with Gasteiger partial charge in [-0.3, -0.25) is 0 Å². The van der Waals surface area contributed by atoms with Crippen LogP contribution in [0.25, 0.3) is 0 Å². The number of rotatable bonds is 1. The maximum absolute atomic E-state index is 6.33. The highest BCUT2D eigenvalue weighted by Crippen LogP contribution is 2.49. The molecule has 2 unspecified atom stereocenters. The molecule has 0 radical (unpaired) electrons. The normalized spacial score (nSPS) is 37.6. The van der Waals surface area contributed by atoms with Gasteiger partial charge in [0.2, 0.25) is 0 Å². The molecule has 2 heterocycles. The molecule has 17 heavy (non-hydrogen) atoms. The van der Waals surface area contributed by atoms with E-state index in [0.29, 0.717) is 6.04 Å². The van der Waals surface area contributed by atoms with Crippen molar-refractivity contribution in [2.75, 3.05) is 19.7 Å². The lowest BCUT2D eigenvalue weighted by Crippen LogP contribution is -2.50. The first-order chi connectivity index (χ1) is 8.21. The molecule has 1 aliphatic carbocycles. The molecule has 3 aliphatic rings. The molecule has 3 fully saturated rings. The summed E-state index contributed by atoms with van der Waals surface area (Å²) in [6.07, 6.45) is 8.32. The SMILES string of the molecule is CC(C)N1CCC2(CC1)OCC1CCCCC12. The third-order valence-corrected chi connectivity index (χ3v) is 5.54. The van der Waals surface area contributed by atoms with E-state index in [2.05, 4.69) is 18.7 Å². The van der Waals surface area contributed by atoms with Crippen molar-refractivity contribution in [3.05, 3.63) is 0 Å². The summed E-state index contributed by atoms with van der Waals surface area (Å²) in [5.41, 5.74) is 0.288. The molecule has 1 saturated carbocycles. The van der Waals surface area contributed by atoms with Gasteiger partial charge in [0.05, 0.1) is 12.2 Å². The van der Waals surface area contributed by atoms with E-state index in [1.54, 1.807) is 0 Å². The summed E-state index contributed by atoms with van der Waals surface area (Å²) in [5.74, 6) is 1.79. The Morgan fingerprint density at radius 1 is 1.12 bits per heavy atom. The lowest BCUT2D eigenvalue weighted by atomic mass is 9.69. The number of hydrogen-bond donors (Lipinski definition) is 0. The van der Waals surface area contributed by atoms with Crippen LogP contribution in [0.1, 0.15) is 52.4 Å². The van der Waals surface area contributed by atoms with E-state index in [-0.39, 0.29) is 5.60 Å². The predicted octanol–water partition coefficient (Wildman–Crippen LogP) is 3.07. The molecule has 2 nitrogen and oxygen atoms in total. The molecule has 0 aromatic heterocycles. The van der Waals surface area contributed by atoms with Gasteiger partial charge in [-0.25, -0.2) is 0 Å². The van der Waals surface area contributed by atoms with Crippen LogP contribution >= 0.6 is 0 Å². The van der Waals surface area contributed by atoms with Crippen LogP contribution in [0.15, 0.2) is 0 Å². The Morgan fingerprint density at radius 3 is 2.53 bits per heavy atom. The van der Waals surface area contributed by atoms with Gasteiger partial charge in [0, 0.05) is 19.1 Å². The largest absolute Gasteiger partial charge is 0.374 e. The minimum atomic E-state index is 0.288. The fraction of sp³-hybridized carbons (Fsp3) is 1.00. The molecular weight excluding hydrogens is 210 g/mol. The predicted molar refractivity (Wildman–Crippen MR) is 70.1 cm³/mol. The molecule has 0 amide bonds. The van der Waals surface area contributed by atoms with Gasteiger partial charge in [-0.1, -0.05) is 12.8 Å². The maximum Gasteiger partial charge on any atom is 0.0738 e. The summed E-state index contributed by atoms with van der Waals surface area (Å²) in [6.45, 7) is 8.20. The van der Waals surface area contributed by atoms with Gasteiger partial charge in [0.15, 0.2) is 0 Å². The summed E-state index contributed by atoms with van der Waals surface area (Å²) >= 11 is 0. The Morgan fingerprint density at radius 2 is 1.82 bits per heavy atom. The molecule has 0 aromatic rings. The topological polar surface area (TPSA) is 12.5 Å². The number of piperidine rings is 1. The molecule has 0 N–H and O–H groups in total. The number of hydrogen-bond acceptors (Lipinski definition) is 2. The van der Waals surface area contributed by atoms with Crippen molar-refractivity contribution in [2.24, 2.45) is 11.8 Å². The van der Waals surface area contributed by atoms with E-state index in [1.165, 1.54) is 51.6 Å². The lowest BCUT2D eigenvalue weighted by Gasteiger charge is -2.45. The zero-order valence-corrected chi connectivity index (χ0v) is 11.5. The second-order valence-corrected chi connectivity index (χ2v) is 6.66. The standard InChI is InChI=1S/C15H27NO/c1-12(2)16-9-7-15(8-10-16)14-6-4-3-5-13(14)11-17-15/h12-14H,3-11H2,1-2H3. The molecule has 2 aliphatic heterocycles. The zero-order chi connectivity index (χ0) is 11.9. The Labute approximate surface area is 106 Å². The third-order valence-electron chi connectivity index (χ3n) is 5.54. The fourth-order valence-electron chi connectivity index (χ4n) is 4.41. The quantitative estimate of drug-likeness (QED) is 0.695. The van der Waals surface area contributed by atoms with Gasteiger partial charge in [0.1, 0.15) is 0 Å². The van der Waals surface area contributed by atoms with Crippen molar-refractivity contribution in [1.82, 2.24) is 4.90 Å². The van der Waals surface area contributed by atoms with Crippen molar-refractivity contribution < 1.29 is 4.74 Å². The molecule has 1 spiro atoms. The summed E-state index contributed by atoms with van der Waals surface area (Å²) in [5, 5.41) is 0. The Kier molecular flexibility index (Phi) is 3.20. The third kappa shape index (κ3) is 2.04. The van der Waals surface area contributed by atoms with Crippen LogP contribution in [-0.2, 0) is 4.74 Å². The summed E-state index contributed by atoms with van der Waals surface area (Å²) in [6, 6.07) is 0.705. The van der Waals surface area contributed by atoms with E-state index in [0.717, 1.165) is 18.4 Å². The van der Waals surface area contributed by atoms with Gasteiger partial charge < -0.3 is 9.64 Å². The summed E-state index contributed by atoms with van der Waals surface area (Å²) < 4.78 is 6.33. The van der Waals surface area contributed by atoms with Crippen LogP contribution in [0, 0.1) is 11.8 Å². The Balaban J connectivity index is 1.67. The Bertz CT molecular complexity index is 268. The van der Waals surface area contributed by atoms with E-state index < -0.39 is 0 Å². The zero-order valence-electron chi connectivity index (χ0n) is 11.5. The number of ether oxygens (including phenoxy) is 1. The van der Waals surface area contributed by atoms with E-state index in [1.807, 2.05) is 0 Å². The molecule has 3 rings (SSSR count). The van der Waals surface area contributed by atoms with Gasteiger partial charge in [-0.05, 0) is 51.4 Å². The Hall–Kier alpha value is -0.0800. The molecular formula is C15H27NO. The van der Waals surface area contributed by atoms with Crippen LogP contribution in [-0.4, -0.2) is 36.2 Å². The van der Waals surface area contributed by atoms with Gasteiger partial charge in [-0.2, -0.15) is 0 Å². The minimum absolute atomic E-state index is 0.288. The smallest absolute Gasteiger partial charge is 0.0738 e. The van der Waals surface area contributed by atoms with Crippen LogP contribution in [0.4, 0.5) is 0 Å². The molecule has 2 atom stereocenters. The second kappa shape index (κ2) is 4.55. The van der Waals surface area contributed by atoms with E-state index in [9.17, 15) is 0 Å². The molecule has 0 aromatic carbocycles. The first kappa shape index (κ1) is 12.0. The number of fused-ring (bicyclic) bond motifs is 2. The molecule has 0 bridgehead atoms. The van der Waals surface area contributed by atoms with Crippen LogP contribution in [0.2, 0.25) is 0 Å². The van der Waals surface area contributed by atoms with Crippen molar-refractivity contribution in [2.45, 2.75) is 64.0 Å². The van der Waals surface area contributed by atoms with Crippen molar-refractivity contribution in [1.29, 1.82) is 0 Å². The van der Waals surface area contributed by atoms with Crippen molar-refractivity contribution in [3.8, 4) is 0 Å². The molecule has 2 heteroatoms.